The van der Waals surface area contributed by atoms with E-state index in [1.54, 1.807) is 6.07 Å². The van der Waals surface area contributed by atoms with Crippen molar-refractivity contribution in [2.24, 2.45) is 0 Å². The summed E-state index contributed by atoms with van der Waals surface area (Å²) in [4.78, 5) is 17.1. The monoisotopic (exact) mass is 391 g/mol. The second-order valence-electron chi connectivity index (χ2n) is 6.57. The normalized spacial score (nSPS) is 15.1. The van der Waals surface area contributed by atoms with Gasteiger partial charge in [0.25, 0.3) is 0 Å². The molecule has 0 atom stereocenters. The van der Waals surface area contributed by atoms with Gasteiger partial charge in [-0.25, -0.2) is 0 Å². The van der Waals surface area contributed by atoms with Gasteiger partial charge in [-0.2, -0.15) is 0 Å². The highest BCUT2D eigenvalue weighted by molar-refractivity contribution is 6.42. The van der Waals surface area contributed by atoms with Gasteiger partial charge in [-0.3, -0.25) is 4.79 Å². The number of nitrogens with zero attached hydrogens (tertiary/aromatic N) is 2. The van der Waals surface area contributed by atoms with E-state index < -0.39 is 0 Å². The summed E-state index contributed by atoms with van der Waals surface area (Å²) in [6.45, 7) is 3.97. The first-order valence-corrected chi connectivity index (χ1v) is 9.55. The van der Waals surface area contributed by atoms with Crippen LogP contribution in [0, 0.1) is 0 Å². The highest BCUT2D eigenvalue weighted by Gasteiger charge is 2.17. The average molecular weight is 392 g/mol. The number of carbonyl (C=O) groups excluding carboxylic acids is 1. The first-order valence-electron chi connectivity index (χ1n) is 8.80. The minimum absolute atomic E-state index is 0.0254. The van der Waals surface area contributed by atoms with E-state index in [0.29, 0.717) is 22.9 Å². The predicted molar refractivity (Wildman–Crippen MR) is 110 cm³/mol. The van der Waals surface area contributed by atoms with Crippen molar-refractivity contribution in [2.75, 3.05) is 43.4 Å². The number of nitrogens with one attached hydrogen (secondary N) is 1. The van der Waals surface area contributed by atoms with Crippen LogP contribution in [0.1, 0.15) is 12.0 Å². The zero-order valence-corrected chi connectivity index (χ0v) is 16.4. The first-order chi connectivity index (χ1) is 12.5. The molecule has 1 fully saturated rings. The van der Waals surface area contributed by atoms with Gasteiger partial charge in [-0.15, -0.1) is 0 Å². The highest BCUT2D eigenvalue weighted by atomic mass is 35.5. The van der Waals surface area contributed by atoms with Gasteiger partial charge >= 0.3 is 0 Å². The number of anilines is 2. The van der Waals surface area contributed by atoms with Crippen molar-refractivity contribution in [3.05, 3.63) is 58.1 Å². The van der Waals surface area contributed by atoms with Gasteiger partial charge in [0, 0.05) is 32.6 Å². The molecule has 2 aromatic rings. The smallest absolute Gasteiger partial charge is 0.224 e. The minimum atomic E-state index is -0.0254. The Balaban J connectivity index is 1.63. The molecule has 2 aromatic carbocycles. The van der Waals surface area contributed by atoms with Crippen LogP contribution in [0.15, 0.2) is 42.5 Å². The Bertz CT molecular complexity index is 773. The van der Waals surface area contributed by atoms with Gasteiger partial charge in [-0.1, -0.05) is 47.5 Å². The fourth-order valence-electron chi connectivity index (χ4n) is 3.10. The van der Waals surface area contributed by atoms with Gasteiger partial charge in [0.1, 0.15) is 0 Å². The maximum Gasteiger partial charge on any atom is 0.224 e. The fraction of sp³-hybridized carbons (Fsp3) is 0.350. The largest absolute Gasteiger partial charge is 0.367 e. The number of hydrogen-bond acceptors (Lipinski definition) is 3. The third-order valence-corrected chi connectivity index (χ3v) is 5.53. The van der Waals surface area contributed by atoms with Crippen LogP contribution >= 0.6 is 23.2 Å². The summed E-state index contributed by atoms with van der Waals surface area (Å²) in [6.07, 6.45) is 0.916. The topological polar surface area (TPSA) is 35.6 Å². The van der Waals surface area contributed by atoms with Crippen LogP contribution < -0.4 is 10.2 Å². The average Bonchev–Trinajstić information content (AvgIpc) is 2.64. The summed E-state index contributed by atoms with van der Waals surface area (Å²) in [5.74, 6) is -0.0254. The van der Waals surface area contributed by atoms with Gasteiger partial charge in [0.2, 0.25) is 5.91 Å². The molecule has 138 valence electrons. The van der Waals surface area contributed by atoms with Crippen LogP contribution in [0.3, 0.4) is 0 Å². The zero-order valence-electron chi connectivity index (χ0n) is 14.8. The van der Waals surface area contributed by atoms with Crippen LogP contribution in [-0.2, 0) is 11.2 Å². The molecular weight excluding hydrogens is 369 g/mol. The lowest BCUT2D eigenvalue weighted by atomic mass is 10.1. The van der Waals surface area contributed by atoms with Crippen molar-refractivity contribution in [3.63, 3.8) is 0 Å². The van der Waals surface area contributed by atoms with Crippen LogP contribution in [0.4, 0.5) is 11.4 Å². The lowest BCUT2D eigenvalue weighted by Gasteiger charge is -2.35. The van der Waals surface area contributed by atoms with E-state index in [4.69, 9.17) is 23.2 Å². The molecule has 26 heavy (non-hydrogen) atoms. The molecule has 1 aliphatic heterocycles. The van der Waals surface area contributed by atoms with Crippen molar-refractivity contribution in [3.8, 4) is 0 Å². The molecule has 1 aliphatic rings. The number of hydrogen-bond donors (Lipinski definition) is 1. The number of carbonyl (C=O) groups is 1. The van der Waals surface area contributed by atoms with Crippen molar-refractivity contribution in [1.82, 2.24) is 4.90 Å². The van der Waals surface area contributed by atoms with Gasteiger partial charge in [0.05, 0.1) is 21.4 Å². The third-order valence-electron chi connectivity index (χ3n) is 4.68. The molecule has 4 nitrogen and oxygen atoms in total. The Morgan fingerprint density at radius 1 is 1.04 bits per heavy atom. The standard InChI is InChI=1S/C20H23Cl2N3O/c1-24-11-13-25(14-12-24)18-8-3-2-7-17(18)23-19(26)10-9-15-5-4-6-16(21)20(15)22/h2-8H,9-14H2,1H3,(H,23,26). The maximum atomic E-state index is 12.5. The Labute approximate surface area is 164 Å². The van der Waals surface area contributed by atoms with Crippen molar-refractivity contribution in [1.29, 1.82) is 0 Å². The molecule has 0 radical (unpaired) electrons. The van der Waals surface area contributed by atoms with Crippen LogP contribution in [0.25, 0.3) is 0 Å². The summed E-state index contributed by atoms with van der Waals surface area (Å²) in [7, 11) is 2.13. The number of halogens is 2. The lowest BCUT2D eigenvalue weighted by molar-refractivity contribution is -0.116. The predicted octanol–water partition coefficient (Wildman–Crippen LogP) is 4.32. The molecule has 0 aliphatic carbocycles. The van der Waals surface area contributed by atoms with Crippen molar-refractivity contribution in [2.45, 2.75) is 12.8 Å². The maximum absolute atomic E-state index is 12.5. The second-order valence-corrected chi connectivity index (χ2v) is 7.35. The fourth-order valence-corrected chi connectivity index (χ4v) is 3.52. The van der Waals surface area contributed by atoms with Crippen molar-refractivity contribution >= 4 is 40.5 Å². The molecule has 0 saturated carbocycles. The summed E-state index contributed by atoms with van der Waals surface area (Å²) in [5.41, 5.74) is 2.83. The van der Waals surface area contributed by atoms with Gasteiger partial charge < -0.3 is 15.1 Å². The minimum Gasteiger partial charge on any atom is -0.367 e. The molecule has 3 rings (SSSR count). The molecule has 1 amide bonds. The molecule has 0 aromatic heterocycles. The Kier molecular flexibility index (Phi) is 6.41. The SMILES string of the molecule is CN1CCN(c2ccccc2NC(=O)CCc2cccc(Cl)c2Cl)CC1. The van der Waals surface area contributed by atoms with E-state index in [-0.39, 0.29) is 5.91 Å². The van der Waals surface area contributed by atoms with E-state index >= 15 is 0 Å². The molecule has 6 heteroatoms. The van der Waals surface area contributed by atoms with E-state index in [2.05, 4.69) is 28.2 Å². The quantitative estimate of drug-likeness (QED) is 0.824. The molecule has 1 N–H and O–H groups in total. The summed E-state index contributed by atoms with van der Waals surface area (Å²) < 4.78 is 0. The molecule has 1 heterocycles. The van der Waals surface area contributed by atoms with E-state index in [1.807, 2.05) is 30.3 Å². The Hall–Kier alpha value is -1.75. The molecule has 0 unspecified atom stereocenters. The summed E-state index contributed by atoms with van der Waals surface area (Å²) in [6, 6.07) is 13.5. The van der Waals surface area contributed by atoms with Gasteiger partial charge in [-0.05, 0) is 37.2 Å². The third kappa shape index (κ3) is 4.70. The van der Waals surface area contributed by atoms with E-state index in [1.165, 1.54) is 0 Å². The molecular formula is C20H23Cl2N3O. The molecule has 0 spiro atoms. The summed E-state index contributed by atoms with van der Waals surface area (Å²) in [5, 5.41) is 4.10. The first kappa shape index (κ1) is 19.0. The molecule has 1 saturated heterocycles. The summed E-state index contributed by atoms with van der Waals surface area (Å²) >= 11 is 12.2. The number of aryl methyl sites for hydroxylation is 1. The van der Waals surface area contributed by atoms with Crippen LogP contribution in [0.2, 0.25) is 10.0 Å². The Morgan fingerprint density at radius 3 is 2.54 bits per heavy atom. The van der Waals surface area contributed by atoms with Gasteiger partial charge in [0.15, 0.2) is 0 Å². The molecule has 0 bridgehead atoms. The Morgan fingerprint density at radius 2 is 1.77 bits per heavy atom. The number of piperazine rings is 1. The lowest BCUT2D eigenvalue weighted by Crippen LogP contribution is -2.44. The number of para-hydroxylation sites is 2. The number of benzene rings is 2. The van der Waals surface area contributed by atoms with Crippen LogP contribution in [0.5, 0.6) is 0 Å². The number of rotatable bonds is 5. The highest BCUT2D eigenvalue weighted by Crippen LogP contribution is 2.28. The van der Waals surface area contributed by atoms with Crippen molar-refractivity contribution < 1.29 is 4.79 Å². The zero-order chi connectivity index (χ0) is 18.5. The number of likely N-dealkylation sites (N-methyl/N-ethyl adjacent to an activating group) is 1. The number of amides is 1. The second kappa shape index (κ2) is 8.76. The van der Waals surface area contributed by atoms with E-state index in [0.717, 1.165) is 43.1 Å². The van der Waals surface area contributed by atoms with E-state index in [9.17, 15) is 4.79 Å². The van der Waals surface area contributed by atoms with Crippen LogP contribution in [-0.4, -0.2) is 44.0 Å².